The maximum absolute atomic E-state index is 15.5. The van der Waals surface area contributed by atoms with Crippen molar-refractivity contribution in [3.8, 4) is 67.0 Å². The van der Waals surface area contributed by atoms with E-state index in [1.54, 1.807) is 12.1 Å². The van der Waals surface area contributed by atoms with Gasteiger partial charge in [0.25, 0.3) is 0 Å². The monoisotopic (exact) mass is 863 g/mol. The average Bonchev–Trinajstić information content (AvgIpc) is 3.40. The smallest absolute Gasteiger partial charge is 0.123 e. The molecule has 0 atom stereocenters. The molecule has 320 valence electrons. The molecule has 0 saturated carbocycles. The number of aromatic nitrogens is 3. The van der Waals surface area contributed by atoms with E-state index in [0.29, 0.717) is 0 Å². The summed E-state index contributed by atoms with van der Waals surface area (Å²) in [5, 5.41) is 3.27. The van der Waals surface area contributed by atoms with Crippen molar-refractivity contribution in [2.45, 2.75) is 25.7 Å². The fourth-order valence-electron chi connectivity index (χ4n) is 9.38. The molecule has 8 aromatic carbocycles. The Hall–Kier alpha value is -8.34. The van der Waals surface area contributed by atoms with Crippen molar-refractivity contribution in [1.82, 2.24) is 15.0 Å². The Balaban J connectivity index is 0.916. The molecule has 0 fully saturated rings. The van der Waals surface area contributed by atoms with E-state index in [-0.39, 0.29) is 5.82 Å². The molecule has 3 heterocycles. The van der Waals surface area contributed by atoms with Gasteiger partial charge in [-0.05, 0) is 146 Å². The van der Waals surface area contributed by atoms with Crippen molar-refractivity contribution in [3.63, 3.8) is 0 Å². The molecule has 0 spiro atoms. The van der Waals surface area contributed by atoms with E-state index in [4.69, 9.17) is 4.98 Å². The summed E-state index contributed by atoms with van der Waals surface area (Å²) in [6, 6.07) is 73.8. The first kappa shape index (κ1) is 41.4. The molecule has 0 bridgehead atoms. The second-order valence-electron chi connectivity index (χ2n) is 17.3. The van der Waals surface area contributed by atoms with Crippen molar-refractivity contribution in [1.29, 1.82) is 0 Å². The Kier molecular flexibility index (Phi) is 11.5. The van der Waals surface area contributed by atoms with Crippen molar-refractivity contribution in [2.75, 3.05) is 0 Å². The summed E-state index contributed by atoms with van der Waals surface area (Å²) in [4.78, 5) is 14.0. The molecule has 67 heavy (non-hydrogen) atoms. The minimum atomic E-state index is -0.257. The minimum absolute atomic E-state index is 0.257. The first-order valence-corrected chi connectivity index (χ1v) is 23.0. The Labute approximate surface area is 391 Å². The first-order valence-electron chi connectivity index (χ1n) is 23.0. The third kappa shape index (κ3) is 9.03. The Bertz CT molecular complexity index is 3380. The fourth-order valence-corrected chi connectivity index (χ4v) is 9.38. The summed E-state index contributed by atoms with van der Waals surface area (Å²) in [5.41, 5.74) is 18.7. The van der Waals surface area contributed by atoms with Gasteiger partial charge < -0.3 is 0 Å². The van der Waals surface area contributed by atoms with Crippen molar-refractivity contribution in [3.05, 3.63) is 259 Å². The molecule has 0 N–H and O–H groups in total. The van der Waals surface area contributed by atoms with E-state index in [1.807, 2.05) is 67.1 Å². The molecule has 0 unspecified atom stereocenters. The van der Waals surface area contributed by atoms with Gasteiger partial charge in [-0.3, -0.25) is 15.0 Å². The zero-order valence-electron chi connectivity index (χ0n) is 37.0. The van der Waals surface area contributed by atoms with E-state index in [0.717, 1.165) is 103 Å². The second kappa shape index (κ2) is 18.6. The number of halogens is 1. The SMILES string of the molecule is Fc1ccc(-c2ccc3c(ccc4c(-c5ccc(-c6ccccc6)cc5)ccnc43)c2)c(-c2cc(CCc3ccc(-c4ccccn4)cc3)cc(CCc3ccc(-c4ccccn4)cc3)c2)c1. The van der Waals surface area contributed by atoms with Crippen LogP contribution in [0.15, 0.2) is 231 Å². The van der Waals surface area contributed by atoms with E-state index < -0.39 is 0 Å². The van der Waals surface area contributed by atoms with Crippen LogP contribution >= 0.6 is 0 Å². The fraction of sp³-hybridized carbons (Fsp3) is 0.0635. The highest BCUT2D eigenvalue weighted by Gasteiger charge is 2.15. The highest BCUT2D eigenvalue weighted by Crippen LogP contribution is 2.38. The van der Waals surface area contributed by atoms with Crippen LogP contribution in [0.2, 0.25) is 0 Å². The molecule has 11 aromatic rings. The average molecular weight is 864 g/mol. The molecule has 0 aliphatic heterocycles. The van der Waals surface area contributed by atoms with E-state index >= 15 is 4.39 Å². The first-order chi connectivity index (χ1) is 33.1. The summed E-state index contributed by atoms with van der Waals surface area (Å²) in [7, 11) is 0. The van der Waals surface area contributed by atoms with Gasteiger partial charge in [0, 0.05) is 40.5 Å². The normalized spacial score (nSPS) is 11.3. The van der Waals surface area contributed by atoms with Gasteiger partial charge in [-0.1, -0.05) is 164 Å². The van der Waals surface area contributed by atoms with Crippen molar-refractivity contribution >= 4 is 21.7 Å². The highest BCUT2D eigenvalue weighted by molar-refractivity contribution is 6.11. The summed E-state index contributed by atoms with van der Waals surface area (Å²) in [6.07, 6.45) is 9.03. The summed E-state index contributed by atoms with van der Waals surface area (Å²) in [6.45, 7) is 0. The lowest BCUT2D eigenvalue weighted by Crippen LogP contribution is -1.98. The van der Waals surface area contributed by atoms with E-state index in [9.17, 15) is 0 Å². The van der Waals surface area contributed by atoms with Crippen LogP contribution < -0.4 is 0 Å². The molecular weight excluding hydrogens is 818 g/mol. The molecule has 0 radical (unpaired) electrons. The standard InChI is InChI=1S/C63H46FN3/c64-55-30-33-56(52-28-31-58-53(41-52)29-32-59-57(34-37-67-63(58)59)49-26-24-48(25-27-49)47-8-2-1-3-9-47)60(42-55)54-39-45(14-12-43-16-20-50(21-17-43)61-10-4-6-35-65-61)38-46(40-54)15-13-44-18-22-51(23-19-44)62-11-5-7-36-66-62/h1-11,16-42H,12-15H2. The van der Waals surface area contributed by atoms with Crippen LogP contribution in [0.4, 0.5) is 4.39 Å². The van der Waals surface area contributed by atoms with Gasteiger partial charge in [-0.25, -0.2) is 4.39 Å². The lowest BCUT2D eigenvalue weighted by atomic mass is 9.89. The minimum Gasteiger partial charge on any atom is -0.256 e. The quantitative estimate of drug-likeness (QED) is 0.115. The summed E-state index contributed by atoms with van der Waals surface area (Å²) < 4.78 is 15.5. The Morgan fingerprint density at radius 1 is 0.299 bits per heavy atom. The predicted octanol–water partition coefficient (Wildman–Crippen LogP) is 15.9. The number of rotatable bonds is 12. The zero-order chi connectivity index (χ0) is 44.9. The van der Waals surface area contributed by atoms with Crippen LogP contribution in [0.1, 0.15) is 22.3 Å². The number of hydrogen-bond acceptors (Lipinski definition) is 3. The summed E-state index contributed by atoms with van der Waals surface area (Å²) in [5.74, 6) is -0.257. The van der Waals surface area contributed by atoms with Crippen LogP contribution in [0.3, 0.4) is 0 Å². The van der Waals surface area contributed by atoms with Crippen molar-refractivity contribution < 1.29 is 4.39 Å². The molecule has 3 aromatic heterocycles. The topological polar surface area (TPSA) is 38.7 Å². The Morgan fingerprint density at radius 2 is 0.851 bits per heavy atom. The lowest BCUT2D eigenvalue weighted by molar-refractivity contribution is 0.628. The van der Waals surface area contributed by atoms with Crippen LogP contribution in [0.5, 0.6) is 0 Å². The van der Waals surface area contributed by atoms with Crippen LogP contribution in [0, 0.1) is 5.82 Å². The molecule has 0 aliphatic rings. The van der Waals surface area contributed by atoms with Gasteiger partial charge in [0.05, 0.1) is 16.9 Å². The van der Waals surface area contributed by atoms with Gasteiger partial charge in [-0.2, -0.15) is 0 Å². The molecule has 3 nitrogen and oxygen atoms in total. The van der Waals surface area contributed by atoms with Gasteiger partial charge in [-0.15, -0.1) is 0 Å². The number of nitrogens with zero attached hydrogens (tertiary/aromatic N) is 3. The maximum Gasteiger partial charge on any atom is 0.123 e. The van der Waals surface area contributed by atoms with Crippen LogP contribution in [0.25, 0.3) is 88.7 Å². The number of aryl methyl sites for hydroxylation is 4. The third-order valence-corrected chi connectivity index (χ3v) is 12.9. The number of benzene rings is 8. The lowest BCUT2D eigenvalue weighted by Gasteiger charge is -2.16. The molecule has 4 heteroatoms. The molecule has 0 amide bonds. The molecule has 11 rings (SSSR count). The van der Waals surface area contributed by atoms with Gasteiger partial charge >= 0.3 is 0 Å². The molecule has 0 saturated heterocycles. The zero-order valence-corrected chi connectivity index (χ0v) is 37.0. The second-order valence-corrected chi connectivity index (χ2v) is 17.3. The molecule has 0 aliphatic carbocycles. The van der Waals surface area contributed by atoms with Gasteiger partial charge in [0.2, 0.25) is 0 Å². The summed E-state index contributed by atoms with van der Waals surface area (Å²) >= 11 is 0. The van der Waals surface area contributed by atoms with Crippen LogP contribution in [-0.2, 0) is 25.7 Å². The van der Waals surface area contributed by atoms with E-state index in [1.165, 1.54) is 33.4 Å². The van der Waals surface area contributed by atoms with Crippen LogP contribution in [-0.4, -0.2) is 15.0 Å². The molecular formula is C63H46FN3. The number of fused-ring (bicyclic) bond motifs is 3. The van der Waals surface area contributed by atoms with E-state index in [2.05, 4.69) is 162 Å². The van der Waals surface area contributed by atoms with Gasteiger partial charge in [0.1, 0.15) is 5.82 Å². The third-order valence-electron chi connectivity index (χ3n) is 12.9. The predicted molar refractivity (Wildman–Crippen MR) is 275 cm³/mol. The largest absolute Gasteiger partial charge is 0.256 e. The maximum atomic E-state index is 15.5. The Morgan fingerprint density at radius 3 is 1.48 bits per heavy atom. The highest BCUT2D eigenvalue weighted by atomic mass is 19.1. The number of hydrogen-bond donors (Lipinski definition) is 0. The number of pyridine rings is 3. The van der Waals surface area contributed by atoms with Crippen molar-refractivity contribution in [2.24, 2.45) is 0 Å². The van der Waals surface area contributed by atoms with Gasteiger partial charge in [0.15, 0.2) is 0 Å².